The number of fused-ring (bicyclic) bond motifs is 1. The van der Waals surface area contributed by atoms with Gasteiger partial charge in [0.2, 0.25) is 0 Å². The number of anilines is 2. The fourth-order valence-corrected chi connectivity index (χ4v) is 5.21. The van der Waals surface area contributed by atoms with E-state index in [1.54, 1.807) is 0 Å². The van der Waals surface area contributed by atoms with Gasteiger partial charge in [-0.05, 0) is 53.6 Å². The van der Waals surface area contributed by atoms with Gasteiger partial charge in [-0.15, -0.1) is 0 Å². The Balaban J connectivity index is 1.59. The lowest BCUT2D eigenvalue weighted by molar-refractivity contribution is -0.116. The molecule has 5 rings (SSSR count). The van der Waals surface area contributed by atoms with Crippen molar-refractivity contribution < 1.29 is 4.79 Å². The van der Waals surface area contributed by atoms with Crippen LogP contribution in [-0.4, -0.2) is 5.78 Å². The second-order valence-electron chi connectivity index (χ2n) is 8.29. The number of hydrogen-bond donors (Lipinski definition) is 2. The summed E-state index contributed by atoms with van der Waals surface area (Å²) in [5.74, 6) is 0.397. The number of carbonyl (C=O) groups excluding carboxylic acids is 1. The molecule has 2 unspecified atom stereocenters. The van der Waals surface area contributed by atoms with E-state index in [1.807, 2.05) is 30.3 Å². The highest BCUT2D eigenvalue weighted by atomic mass is 79.9. The number of Topliss-reactive ketones (excluding diaryl/α,β-unsaturated/α-hetero) is 1. The summed E-state index contributed by atoms with van der Waals surface area (Å²) in [6.45, 7) is 2.16. The van der Waals surface area contributed by atoms with Gasteiger partial charge in [0, 0.05) is 22.2 Å². The van der Waals surface area contributed by atoms with Crippen LogP contribution in [-0.2, 0) is 11.2 Å². The zero-order valence-corrected chi connectivity index (χ0v) is 19.1. The number of benzene rings is 3. The quantitative estimate of drug-likeness (QED) is 0.431. The van der Waals surface area contributed by atoms with Gasteiger partial charge in [-0.2, -0.15) is 0 Å². The lowest BCUT2D eigenvalue weighted by Gasteiger charge is -2.30. The number of halogens is 1. The van der Waals surface area contributed by atoms with Gasteiger partial charge in [-0.3, -0.25) is 4.79 Å². The number of allylic oxidation sites excluding steroid dienone is 1. The SMILES string of the molecule is CCc1ccc(C2CC(=O)C3=C(C2)Nc2ccccc2NC3c2ccccc2Br)cc1. The zero-order chi connectivity index (χ0) is 21.4. The van der Waals surface area contributed by atoms with Gasteiger partial charge in [-0.1, -0.05) is 77.5 Å². The summed E-state index contributed by atoms with van der Waals surface area (Å²) < 4.78 is 1.00. The maximum absolute atomic E-state index is 13.6. The van der Waals surface area contributed by atoms with Crippen LogP contribution in [0.1, 0.15) is 48.4 Å². The minimum Gasteiger partial charge on any atom is -0.372 e. The van der Waals surface area contributed by atoms with Crippen LogP contribution in [0.15, 0.2) is 88.5 Å². The van der Waals surface area contributed by atoms with Crippen LogP contribution in [0.25, 0.3) is 0 Å². The number of hydrogen-bond acceptors (Lipinski definition) is 3. The van der Waals surface area contributed by atoms with Crippen LogP contribution in [0.5, 0.6) is 0 Å². The second kappa shape index (κ2) is 8.35. The molecule has 0 radical (unpaired) electrons. The number of rotatable bonds is 3. The van der Waals surface area contributed by atoms with Crippen molar-refractivity contribution in [2.45, 2.75) is 38.1 Å². The van der Waals surface area contributed by atoms with Crippen molar-refractivity contribution in [1.82, 2.24) is 0 Å². The first-order chi connectivity index (χ1) is 15.1. The first-order valence-electron chi connectivity index (χ1n) is 10.9. The monoisotopic (exact) mass is 472 g/mol. The first-order valence-corrected chi connectivity index (χ1v) is 11.7. The van der Waals surface area contributed by atoms with Gasteiger partial charge >= 0.3 is 0 Å². The molecular weight excluding hydrogens is 448 g/mol. The molecule has 1 aliphatic carbocycles. The highest BCUT2D eigenvalue weighted by Gasteiger charge is 2.36. The van der Waals surface area contributed by atoms with Crippen molar-refractivity contribution in [1.29, 1.82) is 0 Å². The van der Waals surface area contributed by atoms with E-state index in [2.05, 4.69) is 76.0 Å². The molecule has 0 amide bonds. The summed E-state index contributed by atoms with van der Waals surface area (Å²) in [7, 11) is 0. The number of aryl methyl sites for hydroxylation is 1. The lowest BCUT2D eigenvalue weighted by Crippen LogP contribution is -2.27. The molecule has 4 heteroatoms. The predicted octanol–water partition coefficient (Wildman–Crippen LogP) is 6.99. The van der Waals surface area contributed by atoms with Crippen LogP contribution in [0, 0.1) is 0 Å². The number of para-hydroxylation sites is 2. The summed E-state index contributed by atoms with van der Waals surface area (Å²) in [5, 5.41) is 7.26. The maximum atomic E-state index is 13.6. The van der Waals surface area contributed by atoms with Crippen molar-refractivity contribution in [3.05, 3.63) is 105 Å². The standard InChI is InChI=1S/C27H25BrN2O/c1-2-17-11-13-18(14-12-17)19-15-24-26(25(31)16-19)27(20-7-3-4-8-21(20)28)30-23-10-6-5-9-22(23)29-24/h3-14,19,27,29-30H,2,15-16H2,1H3. The van der Waals surface area contributed by atoms with E-state index in [9.17, 15) is 4.79 Å². The van der Waals surface area contributed by atoms with Gasteiger partial charge in [0.05, 0.1) is 17.4 Å². The molecule has 2 N–H and O–H groups in total. The minimum atomic E-state index is -0.197. The van der Waals surface area contributed by atoms with E-state index in [-0.39, 0.29) is 17.7 Å². The lowest BCUT2D eigenvalue weighted by atomic mass is 9.78. The number of nitrogens with one attached hydrogen (secondary N) is 2. The molecular formula is C27H25BrN2O. The summed E-state index contributed by atoms with van der Waals surface area (Å²) in [4.78, 5) is 13.6. The van der Waals surface area contributed by atoms with Crippen molar-refractivity contribution in [2.75, 3.05) is 10.6 Å². The highest BCUT2D eigenvalue weighted by Crippen LogP contribution is 2.45. The normalized spacial score (nSPS) is 20.3. The molecule has 0 saturated heterocycles. The Labute approximate surface area is 191 Å². The molecule has 31 heavy (non-hydrogen) atoms. The Morgan fingerprint density at radius 3 is 2.35 bits per heavy atom. The predicted molar refractivity (Wildman–Crippen MR) is 130 cm³/mol. The maximum Gasteiger partial charge on any atom is 0.163 e. The summed E-state index contributed by atoms with van der Waals surface area (Å²) >= 11 is 3.70. The molecule has 2 atom stereocenters. The van der Waals surface area contributed by atoms with Gasteiger partial charge in [0.15, 0.2) is 5.78 Å². The third-order valence-electron chi connectivity index (χ3n) is 6.38. The fourth-order valence-electron chi connectivity index (χ4n) is 4.70. The van der Waals surface area contributed by atoms with Crippen LogP contribution in [0.3, 0.4) is 0 Å². The van der Waals surface area contributed by atoms with Gasteiger partial charge in [0.1, 0.15) is 0 Å². The van der Waals surface area contributed by atoms with Gasteiger partial charge in [0.25, 0.3) is 0 Å². The molecule has 1 aliphatic heterocycles. The minimum absolute atomic E-state index is 0.190. The van der Waals surface area contributed by atoms with E-state index >= 15 is 0 Å². The van der Waals surface area contributed by atoms with Gasteiger partial charge < -0.3 is 10.6 Å². The van der Waals surface area contributed by atoms with E-state index in [4.69, 9.17) is 0 Å². The second-order valence-corrected chi connectivity index (χ2v) is 9.14. The summed E-state index contributed by atoms with van der Waals surface area (Å²) in [6.07, 6.45) is 2.38. The van der Waals surface area contributed by atoms with E-state index in [0.29, 0.717) is 6.42 Å². The molecule has 0 fully saturated rings. The fraction of sp³-hybridized carbons (Fsp3) is 0.222. The van der Waals surface area contributed by atoms with E-state index < -0.39 is 0 Å². The molecule has 0 saturated carbocycles. The molecule has 3 nitrogen and oxygen atoms in total. The largest absolute Gasteiger partial charge is 0.372 e. The number of ketones is 1. The van der Waals surface area contributed by atoms with Crippen molar-refractivity contribution >= 4 is 33.1 Å². The first kappa shape index (κ1) is 20.1. The molecule has 0 spiro atoms. The van der Waals surface area contributed by atoms with Crippen LogP contribution in [0.4, 0.5) is 11.4 Å². The Morgan fingerprint density at radius 2 is 1.61 bits per heavy atom. The van der Waals surface area contributed by atoms with Crippen LogP contribution >= 0.6 is 15.9 Å². The third kappa shape index (κ3) is 3.81. The summed E-state index contributed by atoms with van der Waals surface area (Å²) in [6, 6.07) is 24.9. The topological polar surface area (TPSA) is 41.1 Å². The molecule has 3 aromatic rings. The molecule has 3 aromatic carbocycles. The highest BCUT2D eigenvalue weighted by molar-refractivity contribution is 9.10. The Hall–Kier alpha value is -2.85. The van der Waals surface area contributed by atoms with Crippen molar-refractivity contribution in [3.8, 4) is 0 Å². The van der Waals surface area contributed by atoms with Crippen molar-refractivity contribution in [2.24, 2.45) is 0 Å². The Morgan fingerprint density at radius 1 is 0.903 bits per heavy atom. The average Bonchev–Trinajstić information content (AvgIpc) is 2.96. The average molecular weight is 473 g/mol. The Kier molecular flexibility index (Phi) is 5.41. The van der Waals surface area contributed by atoms with Crippen LogP contribution < -0.4 is 10.6 Å². The smallest absolute Gasteiger partial charge is 0.163 e. The van der Waals surface area contributed by atoms with Crippen molar-refractivity contribution in [3.63, 3.8) is 0 Å². The third-order valence-corrected chi connectivity index (χ3v) is 7.11. The molecule has 0 bridgehead atoms. The van der Waals surface area contributed by atoms with E-state index in [1.165, 1.54) is 11.1 Å². The Bertz CT molecular complexity index is 1170. The van der Waals surface area contributed by atoms with Crippen LogP contribution in [0.2, 0.25) is 0 Å². The molecule has 0 aromatic heterocycles. The van der Waals surface area contributed by atoms with E-state index in [0.717, 1.165) is 45.5 Å². The molecule has 1 heterocycles. The van der Waals surface area contributed by atoms with Gasteiger partial charge in [-0.25, -0.2) is 0 Å². The number of carbonyl (C=O) groups is 1. The molecule has 2 aliphatic rings. The summed E-state index contributed by atoms with van der Waals surface area (Å²) in [5.41, 5.74) is 7.54. The molecule has 156 valence electrons. The zero-order valence-electron chi connectivity index (χ0n) is 17.5.